The van der Waals surface area contributed by atoms with Gasteiger partial charge in [0.05, 0.1) is 27.9 Å². The van der Waals surface area contributed by atoms with Gasteiger partial charge >= 0.3 is 12.5 Å². The Balaban J connectivity index is 2.07. The van der Waals surface area contributed by atoms with Gasteiger partial charge in [0.1, 0.15) is 5.69 Å². The van der Waals surface area contributed by atoms with E-state index in [9.17, 15) is 26.3 Å². The number of nitrogens with one attached hydrogen (secondary N) is 1. The Morgan fingerprint density at radius 2 is 1.85 bits per heavy atom. The molecule has 0 fully saturated rings. The van der Waals surface area contributed by atoms with Crippen LogP contribution in [0.15, 0.2) is 46.5 Å². The van der Waals surface area contributed by atoms with E-state index in [1.165, 1.54) is 0 Å². The lowest BCUT2D eigenvalue weighted by molar-refractivity contribution is -0.274. The van der Waals surface area contributed by atoms with E-state index in [4.69, 9.17) is 28.5 Å². The van der Waals surface area contributed by atoms with E-state index in [-0.39, 0.29) is 17.5 Å². The summed E-state index contributed by atoms with van der Waals surface area (Å²) in [6.07, 6.45) is -8.49. The Hall–Kier alpha value is -3.17. The van der Waals surface area contributed by atoms with Gasteiger partial charge in [-0.1, -0.05) is 36.2 Å². The molecule has 0 aromatic heterocycles. The minimum absolute atomic E-state index is 0.109. The quantitative estimate of drug-likeness (QED) is 0.168. The fourth-order valence-corrected chi connectivity index (χ4v) is 3.35. The molecular formula is C20H13Cl2F6N5O. The summed E-state index contributed by atoms with van der Waals surface area (Å²) in [5.41, 5.74) is -0.995. The standard InChI is InChI=1S/C20H13Cl2F6N5O/c1-10-8-33(32-17(10)11-2-4-13(21)14(22)6-11)18(30-9-29)31-15-7-12(19(23,24)25)3-5-16(15)34-20(26,27)28/h2-7,10H,8H2,1H3,(H,30,31). The number of rotatable bonds is 3. The first-order valence-corrected chi connectivity index (χ1v) is 10.1. The maximum absolute atomic E-state index is 13.1. The van der Waals surface area contributed by atoms with Crippen LogP contribution < -0.4 is 10.1 Å². The molecular weight excluding hydrogens is 511 g/mol. The highest BCUT2D eigenvalue weighted by Crippen LogP contribution is 2.39. The van der Waals surface area contributed by atoms with Crippen molar-refractivity contribution in [2.24, 2.45) is 16.0 Å². The maximum Gasteiger partial charge on any atom is 0.573 e. The average molecular weight is 524 g/mol. The van der Waals surface area contributed by atoms with Crippen LogP contribution in [-0.4, -0.2) is 29.6 Å². The van der Waals surface area contributed by atoms with Crippen molar-refractivity contribution in [2.45, 2.75) is 19.5 Å². The summed E-state index contributed by atoms with van der Waals surface area (Å²) in [5.74, 6) is -1.66. The highest BCUT2D eigenvalue weighted by Gasteiger charge is 2.35. The van der Waals surface area contributed by atoms with Gasteiger partial charge in [-0.2, -0.15) is 23.5 Å². The maximum atomic E-state index is 13.1. The topological polar surface area (TPSA) is 73.0 Å². The molecule has 0 amide bonds. The van der Waals surface area contributed by atoms with E-state index in [2.05, 4.69) is 20.1 Å². The number of nitrogens with zero attached hydrogens (tertiary/aromatic N) is 4. The molecule has 0 saturated carbocycles. The zero-order chi connectivity index (χ0) is 25.3. The van der Waals surface area contributed by atoms with Crippen molar-refractivity contribution in [3.63, 3.8) is 0 Å². The van der Waals surface area contributed by atoms with Gasteiger partial charge in [-0.25, -0.2) is 10.0 Å². The molecule has 1 atom stereocenters. The zero-order valence-electron chi connectivity index (χ0n) is 17.0. The first kappa shape index (κ1) is 25.5. The number of aliphatic imine (C=N–C) groups is 1. The van der Waals surface area contributed by atoms with Crippen LogP contribution in [0.5, 0.6) is 5.75 Å². The predicted molar refractivity (Wildman–Crippen MR) is 113 cm³/mol. The van der Waals surface area contributed by atoms with Gasteiger partial charge in [0.2, 0.25) is 5.96 Å². The van der Waals surface area contributed by atoms with Crippen molar-refractivity contribution in [3.05, 3.63) is 57.6 Å². The van der Waals surface area contributed by atoms with E-state index in [1.54, 1.807) is 31.3 Å². The second kappa shape index (κ2) is 9.60. The number of hydrazone groups is 1. The lowest BCUT2D eigenvalue weighted by Gasteiger charge is -2.17. The molecule has 34 heavy (non-hydrogen) atoms. The normalized spacial score (nSPS) is 16.8. The first-order chi connectivity index (χ1) is 15.8. The summed E-state index contributed by atoms with van der Waals surface area (Å²) in [5, 5.41) is 17.3. The van der Waals surface area contributed by atoms with E-state index in [1.807, 2.05) is 0 Å². The van der Waals surface area contributed by atoms with Gasteiger partial charge < -0.3 is 4.74 Å². The second-order valence-corrected chi connectivity index (χ2v) is 7.81. The second-order valence-electron chi connectivity index (χ2n) is 7.00. The molecule has 1 unspecified atom stereocenters. The third-order valence-electron chi connectivity index (χ3n) is 4.51. The number of ether oxygens (including phenoxy) is 1. The molecule has 1 aliphatic heterocycles. The Morgan fingerprint density at radius 1 is 1.15 bits per heavy atom. The molecule has 180 valence electrons. The number of alkyl halides is 6. The molecule has 0 aliphatic carbocycles. The Labute approximate surface area is 199 Å². The minimum atomic E-state index is -5.19. The van der Waals surface area contributed by atoms with Crippen molar-refractivity contribution < 1.29 is 31.1 Å². The third-order valence-corrected chi connectivity index (χ3v) is 5.25. The third kappa shape index (κ3) is 6.03. The van der Waals surface area contributed by atoms with Crippen molar-refractivity contribution in [1.29, 1.82) is 5.26 Å². The molecule has 6 nitrogen and oxygen atoms in total. The van der Waals surface area contributed by atoms with Crippen LogP contribution in [0.25, 0.3) is 0 Å². The van der Waals surface area contributed by atoms with Crippen molar-refractivity contribution in [1.82, 2.24) is 10.3 Å². The Morgan fingerprint density at radius 3 is 2.44 bits per heavy atom. The van der Waals surface area contributed by atoms with Crippen LogP contribution in [0, 0.1) is 17.4 Å². The fourth-order valence-electron chi connectivity index (χ4n) is 3.05. The van der Waals surface area contributed by atoms with Crippen LogP contribution in [0.3, 0.4) is 0 Å². The van der Waals surface area contributed by atoms with Gasteiger partial charge in [-0.3, -0.25) is 5.32 Å². The number of halogens is 8. The van der Waals surface area contributed by atoms with Gasteiger partial charge in [0.25, 0.3) is 0 Å². The van der Waals surface area contributed by atoms with E-state index >= 15 is 0 Å². The fraction of sp³-hybridized carbons (Fsp3) is 0.250. The number of hydrogen-bond acceptors (Lipinski definition) is 4. The number of hydrogen-bond donors (Lipinski definition) is 1. The van der Waals surface area contributed by atoms with Crippen LogP contribution in [0.4, 0.5) is 32.0 Å². The molecule has 2 aromatic carbocycles. The van der Waals surface area contributed by atoms with Gasteiger partial charge in [-0.15, -0.1) is 13.2 Å². The van der Waals surface area contributed by atoms with E-state index < -0.39 is 35.5 Å². The molecule has 0 spiro atoms. The van der Waals surface area contributed by atoms with Crippen molar-refractivity contribution in [2.75, 3.05) is 6.54 Å². The number of benzene rings is 2. The average Bonchev–Trinajstić information content (AvgIpc) is 3.10. The highest BCUT2D eigenvalue weighted by atomic mass is 35.5. The summed E-state index contributed by atoms with van der Waals surface area (Å²) in [4.78, 5) is 3.81. The number of nitriles is 1. The summed E-state index contributed by atoms with van der Waals surface area (Å²) < 4.78 is 81.6. The van der Waals surface area contributed by atoms with Crippen LogP contribution in [-0.2, 0) is 6.18 Å². The van der Waals surface area contributed by atoms with E-state index in [0.717, 1.165) is 5.01 Å². The SMILES string of the molecule is CC1CN(C(=Nc2cc(C(F)(F)F)ccc2OC(F)(F)F)NC#N)N=C1c1ccc(Cl)c(Cl)c1. The molecule has 3 rings (SSSR count). The van der Waals surface area contributed by atoms with Gasteiger partial charge in [0, 0.05) is 5.92 Å². The Kier molecular flexibility index (Phi) is 7.18. The van der Waals surface area contributed by atoms with E-state index in [0.29, 0.717) is 34.5 Å². The first-order valence-electron chi connectivity index (χ1n) is 9.30. The molecule has 14 heteroatoms. The predicted octanol–water partition coefficient (Wildman–Crippen LogP) is 6.32. The lowest BCUT2D eigenvalue weighted by atomic mass is 9.99. The smallest absolute Gasteiger partial charge is 0.403 e. The van der Waals surface area contributed by atoms with Crippen LogP contribution >= 0.6 is 23.2 Å². The monoisotopic (exact) mass is 523 g/mol. The number of guanidine groups is 1. The molecule has 0 saturated heterocycles. The summed E-state index contributed by atoms with van der Waals surface area (Å²) in [7, 11) is 0. The van der Waals surface area contributed by atoms with Crippen LogP contribution in [0.1, 0.15) is 18.1 Å². The van der Waals surface area contributed by atoms with Crippen molar-refractivity contribution in [3.8, 4) is 11.9 Å². The minimum Gasteiger partial charge on any atom is -0.403 e. The van der Waals surface area contributed by atoms with Gasteiger partial charge in [-0.05, 0) is 35.9 Å². The molecule has 1 N–H and O–H groups in total. The zero-order valence-corrected chi connectivity index (χ0v) is 18.5. The summed E-state index contributed by atoms with van der Waals surface area (Å²) >= 11 is 12.0. The molecule has 0 bridgehead atoms. The highest BCUT2D eigenvalue weighted by molar-refractivity contribution is 6.42. The lowest BCUT2D eigenvalue weighted by Crippen LogP contribution is -2.35. The van der Waals surface area contributed by atoms with Gasteiger partial charge in [0.15, 0.2) is 11.9 Å². The van der Waals surface area contributed by atoms with Crippen molar-refractivity contribution >= 4 is 40.6 Å². The molecule has 1 aliphatic rings. The molecule has 1 heterocycles. The Bertz CT molecular complexity index is 1190. The van der Waals surface area contributed by atoms with Crippen LogP contribution in [0.2, 0.25) is 10.0 Å². The molecule has 2 aromatic rings. The summed E-state index contributed by atoms with van der Waals surface area (Å²) in [6.45, 7) is 1.88. The molecule has 0 radical (unpaired) electrons. The largest absolute Gasteiger partial charge is 0.573 e. The summed E-state index contributed by atoms with van der Waals surface area (Å²) in [6, 6.07) is 6.04.